The Bertz CT molecular complexity index is 383. The minimum atomic E-state index is 0.639. The van der Waals surface area contributed by atoms with Crippen molar-refractivity contribution in [3.05, 3.63) is 30.4 Å². The van der Waals surface area contributed by atoms with E-state index in [2.05, 4.69) is 16.0 Å². The lowest BCUT2D eigenvalue weighted by atomic mass is 10.1. The summed E-state index contributed by atoms with van der Waals surface area (Å²) < 4.78 is 0. The fourth-order valence-electron chi connectivity index (χ4n) is 1.06. The van der Waals surface area contributed by atoms with E-state index < -0.39 is 0 Å². The fraction of sp³-hybridized carbons (Fsp3) is 0. The number of hydrogen-bond acceptors (Lipinski definition) is 2. The number of aromatic nitrogens is 2. The van der Waals surface area contributed by atoms with Gasteiger partial charge in [0.25, 0.3) is 0 Å². The van der Waals surface area contributed by atoms with Crippen molar-refractivity contribution >= 4 is 0 Å². The summed E-state index contributed by atoms with van der Waals surface area (Å²) in [6.45, 7) is 0. The highest BCUT2D eigenvalue weighted by Crippen LogP contribution is 2.22. The van der Waals surface area contributed by atoms with Gasteiger partial charge in [-0.25, -0.2) is 0 Å². The van der Waals surface area contributed by atoms with E-state index in [-0.39, 0.29) is 0 Å². The summed E-state index contributed by atoms with van der Waals surface area (Å²) in [5.41, 5.74) is 2.52. The summed E-state index contributed by atoms with van der Waals surface area (Å²) in [5, 5.41) is 8.66. The third-order valence-electron chi connectivity index (χ3n) is 1.61. The van der Waals surface area contributed by atoms with Gasteiger partial charge < -0.3 is 4.98 Å². The molecule has 0 saturated carbocycles. The van der Waals surface area contributed by atoms with Gasteiger partial charge in [-0.05, 0) is 0 Å². The van der Waals surface area contributed by atoms with Gasteiger partial charge >= 0.3 is 0 Å². The zero-order chi connectivity index (χ0) is 7.68. The monoisotopic (exact) mass is 143 g/mol. The fourth-order valence-corrected chi connectivity index (χ4v) is 1.06. The maximum absolute atomic E-state index is 8.66. The molecule has 0 aliphatic carbocycles. The van der Waals surface area contributed by atoms with Crippen LogP contribution in [0.2, 0.25) is 0 Å². The Morgan fingerprint density at radius 2 is 2.27 bits per heavy atom. The standard InChI is InChI=1S/C8H5N3/c9-1-6-2-10-3-7-4-11-5-8(6)7/h2-5,10H. The summed E-state index contributed by atoms with van der Waals surface area (Å²) in [7, 11) is 0. The molecule has 0 amide bonds. The highest BCUT2D eigenvalue weighted by molar-refractivity contribution is 5.69. The molecule has 3 heteroatoms. The van der Waals surface area contributed by atoms with Crippen molar-refractivity contribution in [3.8, 4) is 17.2 Å². The highest BCUT2D eigenvalue weighted by atomic mass is 14.7. The Morgan fingerprint density at radius 3 is 3.09 bits per heavy atom. The molecular formula is C8H5N3. The normalized spacial score (nSPS) is 9.73. The van der Waals surface area contributed by atoms with Crippen LogP contribution in [0.5, 0.6) is 0 Å². The Morgan fingerprint density at radius 1 is 1.36 bits per heavy atom. The van der Waals surface area contributed by atoms with Crippen molar-refractivity contribution in [1.82, 2.24) is 9.97 Å². The molecule has 0 bridgehead atoms. The molecule has 3 nitrogen and oxygen atoms in total. The van der Waals surface area contributed by atoms with Gasteiger partial charge in [0.1, 0.15) is 6.07 Å². The van der Waals surface area contributed by atoms with E-state index in [4.69, 9.17) is 5.26 Å². The van der Waals surface area contributed by atoms with Crippen LogP contribution >= 0.6 is 0 Å². The van der Waals surface area contributed by atoms with Gasteiger partial charge in [0.2, 0.25) is 0 Å². The Labute approximate surface area is 63.7 Å². The summed E-state index contributed by atoms with van der Waals surface area (Å²) in [4.78, 5) is 6.82. The quantitative estimate of drug-likeness (QED) is 0.605. The van der Waals surface area contributed by atoms with E-state index in [1.54, 1.807) is 18.6 Å². The minimum absolute atomic E-state index is 0.639. The van der Waals surface area contributed by atoms with Crippen LogP contribution in [0.4, 0.5) is 0 Å². The molecule has 52 valence electrons. The van der Waals surface area contributed by atoms with Crippen molar-refractivity contribution in [2.45, 2.75) is 0 Å². The number of nitrogens with zero attached hydrogens (tertiary/aromatic N) is 2. The van der Waals surface area contributed by atoms with E-state index in [1.807, 2.05) is 6.20 Å². The molecule has 0 aromatic heterocycles. The lowest BCUT2D eigenvalue weighted by Gasteiger charge is -1.96. The van der Waals surface area contributed by atoms with Crippen molar-refractivity contribution in [3.63, 3.8) is 0 Å². The van der Waals surface area contributed by atoms with Crippen LogP contribution < -0.4 is 0 Å². The summed E-state index contributed by atoms with van der Waals surface area (Å²) >= 11 is 0. The molecule has 0 aromatic carbocycles. The molecule has 0 radical (unpaired) electrons. The van der Waals surface area contributed by atoms with Crippen LogP contribution in [0.15, 0.2) is 24.8 Å². The van der Waals surface area contributed by atoms with Crippen molar-refractivity contribution < 1.29 is 0 Å². The molecule has 0 saturated heterocycles. The Hall–Kier alpha value is -1.82. The average molecular weight is 143 g/mol. The number of aromatic amines is 1. The van der Waals surface area contributed by atoms with E-state index in [0.29, 0.717) is 5.56 Å². The molecular weight excluding hydrogens is 138 g/mol. The molecule has 1 N–H and O–H groups in total. The maximum Gasteiger partial charge on any atom is 0.101 e. The predicted octanol–water partition coefficient (Wildman–Crippen LogP) is 1.39. The lowest BCUT2D eigenvalue weighted by Crippen LogP contribution is -1.82. The first-order chi connectivity index (χ1) is 5.42. The van der Waals surface area contributed by atoms with Crippen molar-refractivity contribution in [2.75, 3.05) is 0 Å². The first-order valence-corrected chi connectivity index (χ1v) is 3.22. The number of rotatable bonds is 0. The second-order valence-corrected chi connectivity index (χ2v) is 2.26. The summed E-state index contributed by atoms with van der Waals surface area (Å²) in [6.07, 6.45) is 6.92. The van der Waals surface area contributed by atoms with Crippen LogP contribution in [-0.4, -0.2) is 9.97 Å². The Kier molecular flexibility index (Phi) is 1.13. The molecule has 0 aromatic rings. The van der Waals surface area contributed by atoms with Gasteiger partial charge in [0, 0.05) is 35.9 Å². The molecule has 2 heterocycles. The van der Waals surface area contributed by atoms with Crippen LogP contribution in [0.25, 0.3) is 11.1 Å². The number of nitrogens with one attached hydrogen (secondary N) is 1. The van der Waals surface area contributed by atoms with Gasteiger partial charge in [-0.1, -0.05) is 0 Å². The van der Waals surface area contributed by atoms with Gasteiger partial charge in [-0.2, -0.15) is 5.26 Å². The molecule has 0 spiro atoms. The van der Waals surface area contributed by atoms with Gasteiger partial charge in [0.05, 0.1) is 5.56 Å². The van der Waals surface area contributed by atoms with Crippen LogP contribution in [0.3, 0.4) is 0 Å². The topological polar surface area (TPSA) is 52.5 Å². The van der Waals surface area contributed by atoms with Crippen molar-refractivity contribution in [1.29, 1.82) is 5.26 Å². The second-order valence-electron chi connectivity index (χ2n) is 2.26. The molecule has 11 heavy (non-hydrogen) atoms. The SMILES string of the molecule is N#Cc1c[nH]cc2cncc1-2. The summed E-state index contributed by atoms with van der Waals surface area (Å²) in [5.74, 6) is 0. The van der Waals surface area contributed by atoms with E-state index in [0.717, 1.165) is 11.1 Å². The zero-order valence-corrected chi connectivity index (χ0v) is 5.70. The van der Waals surface area contributed by atoms with Crippen LogP contribution in [0, 0.1) is 11.3 Å². The second kappa shape index (κ2) is 2.10. The third kappa shape index (κ3) is 0.767. The highest BCUT2D eigenvalue weighted by Gasteiger charge is 2.06. The largest absolute Gasteiger partial charge is 0.366 e. The van der Waals surface area contributed by atoms with Crippen LogP contribution in [0.1, 0.15) is 5.56 Å². The minimum Gasteiger partial charge on any atom is -0.366 e. The number of hydrogen-bond donors (Lipinski definition) is 1. The Balaban J connectivity index is 2.79. The molecule has 0 atom stereocenters. The lowest BCUT2D eigenvalue weighted by molar-refractivity contribution is 1.31. The van der Waals surface area contributed by atoms with Gasteiger partial charge in [-0.15, -0.1) is 0 Å². The molecule has 2 rings (SSSR count). The van der Waals surface area contributed by atoms with Crippen molar-refractivity contribution in [2.24, 2.45) is 0 Å². The smallest absolute Gasteiger partial charge is 0.101 e. The van der Waals surface area contributed by atoms with Gasteiger partial charge in [0.15, 0.2) is 0 Å². The average Bonchev–Trinajstić information content (AvgIpc) is 2.50. The first kappa shape index (κ1) is 5.93. The number of H-pyrrole nitrogens is 1. The molecule has 2 aliphatic rings. The number of pyridine rings is 1. The third-order valence-corrected chi connectivity index (χ3v) is 1.61. The molecule has 2 aliphatic heterocycles. The predicted molar refractivity (Wildman–Crippen MR) is 39.9 cm³/mol. The zero-order valence-electron chi connectivity index (χ0n) is 5.70. The molecule has 0 unspecified atom stereocenters. The summed E-state index contributed by atoms with van der Waals surface area (Å²) in [6, 6.07) is 2.08. The van der Waals surface area contributed by atoms with E-state index in [9.17, 15) is 0 Å². The number of nitriles is 1. The van der Waals surface area contributed by atoms with E-state index >= 15 is 0 Å². The van der Waals surface area contributed by atoms with Crippen LogP contribution in [-0.2, 0) is 0 Å². The number of fused-ring (bicyclic) bond motifs is 1. The molecule has 0 fully saturated rings. The maximum atomic E-state index is 8.66. The first-order valence-electron chi connectivity index (χ1n) is 3.22. The van der Waals surface area contributed by atoms with Gasteiger partial charge in [-0.3, -0.25) is 4.98 Å². The van der Waals surface area contributed by atoms with E-state index in [1.165, 1.54) is 0 Å².